The predicted octanol–water partition coefficient (Wildman–Crippen LogP) is 2.46. The minimum atomic E-state index is -0.988. The lowest BCUT2D eigenvalue weighted by molar-refractivity contribution is -0.115. The molecule has 0 saturated heterocycles. The average Bonchev–Trinajstić information content (AvgIpc) is 2.43. The van der Waals surface area contributed by atoms with Crippen LogP contribution >= 0.6 is 0 Å². The second kappa shape index (κ2) is 6.09. The molecule has 0 aromatic heterocycles. The normalized spacial score (nSPS) is 10.1. The van der Waals surface area contributed by atoms with Gasteiger partial charge in [-0.1, -0.05) is 12.1 Å². The molecule has 0 spiro atoms. The van der Waals surface area contributed by atoms with Crippen LogP contribution in [-0.4, -0.2) is 17.0 Å². The van der Waals surface area contributed by atoms with Crippen LogP contribution in [0.25, 0.3) is 0 Å². The molecule has 21 heavy (non-hydrogen) atoms. The number of anilines is 2. The van der Waals surface area contributed by atoms with Gasteiger partial charge in [-0.25, -0.2) is 4.79 Å². The van der Waals surface area contributed by atoms with Crippen LogP contribution in [0, 0.1) is 6.92 Å². The van der Waals surface area contributed by atoms with Crippen LogP contribution in [0.15, 0.2) is 42.5 Å². The van der Waals surface area contributed by atoms with Crippen molar-refractivity contribution >= 4 is 23.3 Å². The summed E-state index contributed by atoms with van der Waals surface area (Å²) in [6, 6.07) is 11.7. The van der Waals surface area contributed by atoms with Crippen LogP contribution < -0.4 is 11.1 Å². The Labute approximate surface area is 122 Å². The van der Waals surface area contributed by atoms with E-state index in [0.717, 1.165) is 5.56 Å². The number of nitrogens with one attached hydrogen (secondary N) is 1. The van der Waals surface area contributed by atoms with Gasteiger partial charge in [0.05, 0.1) is 12.0 Å². The Kier molecular flexibility index (Phi) is 4.23. The molecule has 5 nitrogen and oxygen atoms in total. The van der Waals surface area contributed by atoms with Gasteiger partial charge in [0.15, 0.2) is 0 Å². The molecule has 2 rings (SSSR count). The number of carbonyl (C=O) groups is 2. The summed E-state index contributed by atoms with van der Waals surface area (Å²) < 4.78 is 0. The molecule has 108 valence electrons. The van der Waals surface area contributed by atoms with Gasteiger partial charge in [0, 0.05) is 11.4 Å². The number of benzene rings is 2. The monoisotopic (exact) mass is 284 g/mol. The number of carbonyl (C=O) groups excluding carboxylic acids is 1. The molecule has 0 radical (unpaired) electrons. The minimum Gasteiger partial charge on any atom is -0.478 e. The Balaban J connectivity index is 2.06. The number of nitrogen functional groups attached to an aromatic ring is 1. The number of carboxylic acids is 1. The van der Waals surface area contributed by atoms with Gasteiger partial charge in [-0.2, -0.15) is 0 Å². The molecule has 0 aliphatic carbocycles. The molecule has 0 aliphatic rings. The van der Waals surface area contributed by atoms with Crippen molar-refractivity contribution in [2.45, 2.75) is 13.3 Å². The Hall–Kier alpha value is -2.82. The fourth-order valence-corrected chi connectivity index (χ4v) is 1.95. The van der Waals surface area contributed by atoms with Crippen LogP contribution in [0.4, 0.5) is 11.4 Å². The van der Waals surface area contributed by atoms with Gasteiger partial charge in [0.2, 0.25) is 5.91 Å². The Bertz CT molecular complexity index is 678. The third-order valence-electron chi connectivity index (χ3n) is 3.09. The molecule has 0 bridgehead atoms. The highest BCUT2D eigenvalue weighted by atomic mass is 16.4. The lowest BCUT2D eigenvalue weighted by atomic mass is 10.1. The Morgan fingerprint density at radius 2 is 1.81 bits per heavy atom. The van der Waals surface area contributed by atoms with E-state index in [1.54, 1.807) is 37.3 Å². The summed E-state index contributed by atoms with van der Waals surface area (Å²) in [4.78, 5) is 22.8. The van der Waals surface area contributed by atoms with E-state index >= 15 is 0 Å². The fraction of sp³-hybridized carbons (Fsp3) is 0.125. The van der Waals surface area contributed by atoms with Gasteiger partial charge in [-0.3, -0.25) is 4.79 Å². The second-order valence-corrected chi connectivity index (χ2v) is 4.80. The first-order valence-electron chi connectivity index (χ1n) is 6.44. The standard InChI is InChI=1S/C16H16N2O3/c1-10-8-12(16(20)21)4-7-14(10)18-15(19)9-11-2-5-13(17)6-3-11/h2-8H,9,17H2,1H3,(H,18,19)(H,20,21). The van der Waals surface area contributed by atoms with Crippen LogP contribution in [0.1, 0.15) is 21.5 Å². The third-order valence-corrected chi connectivity index (χ3v) is 3.09. The zero-order valence-corrected chi connectivity index (χ0v) is 11.6. The molecule has 0 fully saturated rings. The molecular formula is C16H16N2O3. The molecule has 5 heteroatoms. The summed E-state index contributed by atoms with van der Waals surface area (Å²) in [5.74, 6) is -1.15. The SMILES string of the molecule is Cc1cc(C(=O)O)ccc1NC(=O)Cc1ccc(N)cc1. The molecule has 0 heterocycles. The van der Waals surface area contributed by atoms with Gasteiger partial charge >= 0.3 is 5.97 Å². The Morgan fingerprint density at radius 1 is 1.14 bits per heavy atom. The van der Waals surface area contributed by atoms with Gasteiger partial charge in [0.25, 0.3) is 0 Å². The van der Waals surface area contributed by atoms with E-state index in [1.165, 1.54) is 12.1 Å². The van der Waals surface area contributed by atoms with Crippen molar-refractivity contribution in [2.75, 3.05) is 11.1 Å². The molecule has 0 atom stereocenters. The molecular weight excluding hydrogens is 268 g/mol. The number of nitrogens with two attached hydrogens (primary N) is 1. The van der Waals surface area contributed by atoms with Gasteiger partial charge in [0.1, 0.15) is 0 Å². The summed E-state index contributed by atoms with van der Waals surface area (Å²) >= 11 is 0. The fourth-order valence-electron chi connectivity index (χ4n) is 1.95. The number of aryl methyl sites for hydroxylation is 1. The van der Waals surface area contributed by atoms with Crippen LogP contribution in [0.2, 0.25) is 0 Å². The molecule has 0 saturated carbocycles. The number of hydrogen-bond donors (Lipinski definition) is 3. The molecule has 0 aliphatic heterocycles. The van der Waals surface area contributed by atoms with E-state index in [2.05, 4.69) is 5.32 Å². The van der Waals surface area contributed by atoms with E-state index in [0.29, 0.717) is 16.9 Å². The van der Waals surface area contributed by atoms with E-state index in [-0.39, 0.29) is 17.9 Å². The van der Waals surface area contributed by atoms with Gasteiger partial charge < -0.3 is 16.2 Å². The molecule has 4 N–H and O–H groups in total. The number of aromatic carboxylic acids is 1. The molecule has 2 aromatic carbocycles. The van der Waals surface area contributed by atoms with Crippen LogP contribution in [0.5, 0.6) is 0 Å². The van der Waals surface area contributed by atoms with E-state index in [1.807, 2.05) is 0 Å². The predicted molar refractivity (Wildman–Crippen MR) is 81.3 cm³/mol. The topological polar surface area (TPSA) is 92.4 Å². The highest BCUT2D eigenvalue weighted by Gasteiger charge is 2.09. The van der Waals surface area contributed by atoms with Crippen LogP contribution in [0.3, 0.4) is 0 Å². The summed E-state index contributed by atoms with van der Waals surface area (Å²) in [6.45, 7) is 1.76. The van der Waals surface area contributed by atoms with Crippen molar-refractivity contribution < 1.29 is 14.7 Å². The molecule has 1 amide bonds. The lowest BCUT2D eigenvalue weighted by Crippen LogP contribution is -2.15. The maximum Gasteiger partial charge on any atom is 0.335 e. The zero-order valence-electron chi connectivity index (χ0n) is 11.6. The number of carboxylic acid groups (broad SMARTS) is 1. The first-order chi connectivity index (χ1) is 9.95. The van der Waals surface area contributed by atoms with Crippen molar-refractivity contribution in [3.63, 3.8) is 0 Å². The molecule has 0 unspecified atom stereocenters. The smallest absolute Gasteiger partial charge is 0.335 e. The minimum absolute atomic E-state index is 0.161. The quantitative estimate of drug-likeness (QED) is 0.752. The maximum atomic E-state index is 12.0. The van der Waals surface area contributed by atoms with Crippen molar-refractivity contribution in [3.8, 4) is 0 Å². The highest BCUT2D eigenvalue weighted by Crippen LogP contribution is 2.17. The third kappa shape index (κ3) is 3.82. The lowest BCUT2D eigenvalue weighted by Gasteiger charge is -2.09. The van der Waals surface area contributed by atoms with Crippen molar-refractivity contribution in [1.29, 1.82) is 0 Å². The number of hydrogen-bond acceptors (Lipinski definition) is 3. The van der Waals surface area contributed by atoms with Crippen molar-refractivity contribution in [2.24, 2.45) is 0 Å². The largest absolute Gasteiger partial charge is 0.478 e. The van der Waals surface area contributed by atoms with E-state index < -0.39 is 5.97 Å². The van der Waals surface area contributed by atoms with Crippen LogP contribution in [-0.2, 0) is 11.2 Å². The Morgan fingerprint density at radius 3 is 2.38 bits per heavy atom. The van der Waals surface area contributed by atoms with Gasteiger partial charge in [-0.05, 0) is 48.4 Å². The summed E-state index contributed by atoms with van der Waals surface area (Å²) in [6.07, 6.45) is 0.237. The first kappa shape index (κ1) is 14.6. The zero-order chi connectivity index (χ0) is 15.4. The number of amides is 1. The maximum absolute atomic E-state index is 12.0. The van der Waals surface area contributed by atoms with E-state index in [4.69, 9.17) is 10.8 Å². The van der Waals surface area contributed by atoms with Gasteiger partial charge in [-0.15, -0.1) is 0 Å². The first-order valence-corrected chi connectivity index (χ1v) is 6.44. The highest BCUT2D eigenvalue weighted by molar-refractivity contribution is 5.94. The summed E-state index contributed by atoms with van der Waals surface area (Å²) in [5.41, 5.74) is 8.62. The summed E-state index contributed by atoms with van der Waals surface area (Å²) in [7, 11) is 0. The second-order valence-electron chi connectivity index (χ2n) is 4.80. The molecule has 2 aromatic rings. The average molecular weight is 284 g/mol. The van der Waals surface area contributed by atoms with E-state index in [9.17, 15) is 9.59 Å². The summed E-state index contributed by atoms with van der Waals surface area (Å²) in [5, 5.41) is 11.7. The van der Waals surface area contributed by atoms with Crippen molar-refractivity contribution in [1.82, 2.24) is 0 Å². The number of rotatable bonds is 4. The van der Waals surface area contributed by atoms with Crippen molar-refractivity contribution in [3.05, 3.63) is 59.2 Å².